The molecule has 2 heterocycles. The molecule has 9 heteroatoms. The van der Waals surface area contributed by atoms with Gasteiger partial charge in [0.2, 0.25) is 0 Å². The van der Waals surface area contributed by atoms with E-state index in [0.29, 0.717) is 23.9 Å². The Kier molecular flexibility index (Phi) is 7.69. The van der Waals surface area contributed by atoms with Crippen molar-refractivity contribution in [2.75, 3.05) is 11.4 Å². The normalized spacial score (nSPS) is 11.4. The first-order valence-corrected chi connectivity index (χ1v) is 10.1. The summed E-state index contributed by atoms with van der Waals surface area (Å²) < 4.78 is 1.85. The number of carbonyl (C=O) groups is 1. The molecule has 0 bridgehead atoms. The molecule has 0 unspecified atom stereocenters. The molecular formula is C22H26N6O3. The number of nitrogens with zero attached hydrogens (tertiary/aromatic N) is 6. The van der Waals surface area contributed by atoms with Crippen LogP contribution in [0.3, 0.4) is 0 Å². The second-order valence-corrected chi connectivity index (χ2v) is 6.94. The average molecular weight is 422 g/mol. The molecule has 1 amide bonds. The van der Waals surface area contributed by atoms with E-state index < -0.39 is 6.09 Å². The lowest BCUT2D eigenvalue weighted by atomic mass is 10.1. The number of imidazole rings is 1. The van der Waals surface area contributed by atoms with Gasteiger partial charge in [-0.1, -0.05) is 55.3 Å². The first kappa shape index (κ1) is 21.9. The molecule has 0 aliphatic rings. The Balaban J connectivity index is 1.76. The van der Waals surface area contributed by atoms with Gasteiger partial charge in [-0.15, -0.1) is 0 Å². The summed E-state index contributed by atoms with van der Waals surface area (Å²) in [6.07, 6.45) is 6.63. The van der Waals surface area contributed by atoms with Crippen LogP contribution < -0.4 is 4.90 Å². The van der Waals surface area contributed by atoms with Crippen LogP contribution in [0.15, 0.2) is 60.3 Å². The maximum absolute atomic E-state index is 11.6. The van der Waals surface area contributed by atoms with Gasteiger partial charge < -0.3 is 14.5 Å². The highest BCUT2D eigenvalue weighted by Crippen LogP contribution is 2.14. The molecule has 1 N–H and O–H groups in total. The van der Waals surface area contributed by atoms with Crippen molar-refractivity contribution < 1.29 is 14.7 Å². The number of anilines is 1. The van der Waals surface area contributed by atoms with Crippen molar-refractivity contribution in [2.24, 2.45) is 12.2 Å². The fourth-order valence-electron chi connectivity index (χ4n) is 3.02. The third kappa shape index (κ3) is 5.88. The molecule has 0 atom stereocenters. The van der Waals surface area contributed by atoms with E-state index in [1.54, 1.807) is 18.6 Å². The van der Waals surface area contributed by atoms with Gasteiger partial charge in [0.25, 0.3) is 0 Å². The van der Waals surface area contributed by atoms with Crippen molar-refractivity contribution >= 4 is 17.6 Å². The van der Waals surface area contributed by atoms with E-state index in [0.717, 1.165) is 30.5 Å². The SMILES string of the molecule is CCCCCN(C(=O)O)c1ccnc(CON=C(c2ccccc2)c2cncn2C)n1. The van der Waals surface area contributed by atoms with E-state index in [-0.39, 0.29) is 6.61 Å². The van der Waals surface area contributed by atoms with Crippen molar-refractivity contribution in [3.8, 4) is 0 Å². The lowest BCUT2D eigenvalue weighted by Gasteiger charge is -2.18. The Morgan fingerprint density at radius 3 is 2.71 bits per heavy atom. The van der Waals surface area contributed by atoms with E-state index in [1.165, 1.54) is 11.1 Å². The zero-order valence-corrected chi connectivity index (χ0v) is 17.7. The van der Waals surface area contributed by atoms with Gasteiger partial charge in [-0.3, -0.25) is 4.90 Å². The van der Waals surface area contributed by atoms with E-state index in [1.807, 2.05) is 41.9 Å². The zero-order chi connectivity index (χ0) is 22.1. The van der Waals surface area contributed by atoms with E-state index >= 15 is 0 Å². The number of carboxylic acid groups (broad SMARTS) is 1. The van der Waals surface area contributed by atoms with Crippen LogP contribution in [0, 0.1) is 0 Å². The summed E-state index contributed by atoms with van der Waals surface area (Å²) in [7, 11) is 1.88. The van der Waals surface area contributed by atoms with Gasteiger partial charge in [0, 0.05) is 25.4 Å². The van der Waals surface area contributed by atoms with Crippen LogP contribution in [0.4, 0.5) is 10.6 Å². The molecule has 0 saturated heterocycles. The summed E-state index contributed by atoms with van der Waals surface area (Å²) in [6, 6.07) is 11.2. The molecule has 9 nitrogen and oxygen atoms in total. The molecule has 0 radical (unpaired) electrons. The number of amides is 1. The molecule has 0 aliphatic heterocycles. The summed E-state index contributed by atoms with van der Waals surface area (Å²) in [5.41, 5.74) is 2.31. The number of rotatable bonds is 10. The van der Waals surface area contributed by atoms with Gasteiger partial charge in [-0.25, -0.2) is 19.7 Å². The standard InChI is InChI=1S/C22H26N6O3/c1-3-4-8-13-28(22(29)30)20-11-12-24-19(25-20)15-31-26-21(17-9-6-5-7-10-17)18-14-23-16-27(18)2/h5-7,9-12,14,16H,3-4,8,13,15H2,1-2H3,(H,29,30). The number of hydrogen-bond acceptors (Lipinski definition) is 6. The highest BCUT2D eigenvalue weighted by molar-refractivity contribution is 6.11. The summed E-state index contributed by atoms with van der Waals surface area (Å²) >= 11 is 0. The predicted molar refractivity (Wildman–Crippen MR) is 117 cm³/mol. The summed E-state index contributed by atoms with van der Waals surface area (Å²) in [5, 5.41) is 13.8. The smallest absolute Gasteiger partial charge is 0.413 e. The minimum atomic E-state index is -1.04. The Morgan fingerprint density at radius 1 is 1.23 bits per heavy atom. The van der Waals surface area contributed by atoms with Gasteiger partial charge in [0.05, 0.1) is 18.2 Å². The van der Waals surface area contributed by atoms with E-state index in [9.17, 15) is 9.90 Å². The fraction of sp³-hybridized carbons (Fsp3) is 0.318. The first-order valence-electron chi connectivity index (χ1n) is 10.1. The van der Waals surface area contributed by atoms with Gasteiger partial charge >= 0.3 is 6.09 Å². The van der Waals surface area contributed by atoms with Crippen LogP contribution in [0.1, 0.15) is 43.3 Å². The zero-order valence-electron chi connectivity index (χ0n) is 17.7. The second kappa shape index (κ2) is 10.9. The molecule has 1 aromatic carbocycles. The molecule has 3 aromatic rings. The second-order valence-electron chi connectivity index (χ2n) is 6.94. The summed E-state index contributed by atoms with van der Waals surface area (Å²) in [5.74, 6) is 0.677. The van der Waals surface area contributed by atoms with Gasteiger partial charge in [0.15, 0.2) is 12.4 Å². The molecule has 0 aliphatic carbocycles. The van der Waals surface area contributed by atoms with Crippen LogP contribution >= 0.6 is 0 Å². The maximum atomic E-state index is 11.6. The Morgan fingerprint density at radius 2 is 2.03 bits per heavy atom. The molecule has 0 saturated carbocycles. The summed E-state index contributed by atoms with van der Waals surface area (Å²) in [4.78, 5) is 31.1. The van der Waals surface area contributed by atoms with Crippen molar-refractivity contribution in [2.45, 2.75) is 32.8 Å². The molecule has 31 heavy (non-hydrogen) atoms. The third-order valence-electron chi connectivity index (χ3n) is 4.64. The number of aromatic nitrogens is 4. The molecule has 0 spiro atoms. The minimum Gasteiger partial charge on any atom is -0.465 e. The number of oxime groups is 1. The van der Waals surface area contributed by atoms with Crippen LogP contribution in [0.25, 0.3) is 0 Å². The van der Waals surface area contributed by atoms with Gasteiger partial charge in [0.1, 0.15) is 11.5 Å². The number of hydrogen-bond donors (Lipinski definition) is 1. The lowest BCUT2D eigenvalue weighted by molar-refractivity contribution is 0.125. The molecule has 0 fully saturated rings. The van der Waals surface area contributed by atoms with Crippen molar-refractivity contribution in [1.82, 2.24) is 19.5 Å². The molecular weight excluding hydrogens is 396 g/mol. The number of benzene rings is 1. The Hall–Kier alpha value is -3.75. The van der Waals surface area contributed by atoms with E-state index in [4.69, 9.17) is 4.84 Å². The topological polar surface area (TPSA) is 106 Å². The van der Waals surface area contributed by atoms with Gasteiger partial charge in [-0.05, 0) is 12.5 Å². The van der Waals surface area contributed by atoms with Crippen LogP contribution in [-0.4, -0.2) is 43.0 Å². The summed E-state index contributed by atoms with van der Waals surface area (Å²) in [6.45, 7) is 2.46. The third-order valence-corrected chi connectivity index (χ3v) is 4.64. The number of aryl methyl sites for hydroxylation is 1. The van der Waals surface area contributed by atoms with Crippen LogP contribution in [0.2, 0.25) is 0 Å². The molecule has 162 valence electrons. The highest BCUT2D eigenvalue weighted by Gasteiger charge is 2.16. The van der Waals surface area contributed by atoms with Crippen LogP contribution in [0.5, 0.6) is 0 Å². The van der Waals surface area contributed by atoms with Crippen LogP contribution in [-0.2, 0) is 18.5 Å². The van der Waals surface area contributed by atoms with Crippen molar-refractivity contribution in [3.05, 3.63) is 72.2 Å². The fourth-order valence-corrected chi connectivity index (χ4v) is 3.02. The molecule has 3 rings (SSSR count). The van der Waals surface area contributed by atoms with Crippen molar-refractivity contribution in [3.63, 3.8) is 0 Å². The monoisotopic (exact) mass is 422 g/mol. The predicted octanol–water partition coefficient (Wildman–Crippen LogP) is 3.85. The van der Waals surface area contributed by atoms with E-state index in [2.05, 4.69) is 27.0 Å². The minimum absolute atomic E-state index is 0.00441. The molecule has 2 aromatic heterocycles. The van der Waals surface area contributed by atoms with Gasteiger partial charge in [-0.2, -0.15) is 0 Å². The average Bonchev–Trinajstić information content (AvgIpc) is 3.20. The first-order chi connectivity index (χ1) is 15.1. The van der Waals surface area contributed by atoms with Crippen molar-refractivity contribution in [1.29, 1.82) is 0 Å². The number of unbranched alkanes of at least 4 members (excludes halogenated alkanes) is 2. The quantitative estimate of drug-likeness (QED) is 0.302. The largest absolute Gasteiger partial charge is 0.465 e. The highest BCUT2D eigenvalue weighted by atomic mass is 16.6. The lowest BCUT2D eigenvalue weighted by Crippen LogP contribution is -2.31. The Bertz CT molecular complexity index is 1020. The Labute approximate surface area is 181 Å². The maximum Gasteiger partial charge on any atom is 0.413 e.